The van der Waals surface area contributed by atoms with E-state index in [2.05, 4.69) is 5.32 Å². The average molecular weight is 277 g/mol. The van der Waals surface area contributed by atoms with E-state index in [-0.39, 0.29) is 12.3 Å². The van der Waals surface area contributed by atoms with Gasteiger partial charge in [-0.1, -0.05) is 18.2 Å². The molecule has 1 amide bonds. The Morgan fingerprint density at radius 1 is 1.32 bits per heavy atom. The van der Waals surface area contributed by atoms with Crippen LogP contribution in [-0.2, 0) is 4.79 Å². The van der Waals surface area contributed by atoms with Gasteiger partial charge in [-0.2, -0.15) is 0 Å². The van der Waals surface area contributed by atoms with Crippen LogP contribution in [0.5, 0.6) is 0 Å². The van der Waals surface area contributed by atoms with Crippen LogP contribution in [0.15, 0.2) is 30.3 Å². The van der Waals surface area contributed by atoms with Crippen molar-refractivity contribution in [1.29, 1.82) is 0 Å². The average Bonchev–Trinajstić information content (AvgIpc) is 2.69. The van der Waals surface area contributed by atoms with Crippen LogP contribution in [0.4, 0.5) is 0 Å². The topological polar surface area (TPSA) is 66.4 Å². The lowest BCUT2D eigenvalue weighted by atomic mass is 10.0. The van der Waals surface area contributed by atoms with Gasteiger partial charge in [0.1, 0.15) is 0 Å². The van der Waals surface area contributed by atoms with E-state index in [0.29, 0.717) is 4.88 Å². The summed E-state index contributed by atoms with van der Waals surface area (Å²) in [5.41, 5.74) is -0.765. The van der Waals surface area contributed by atoms with Crippen molar-refractivity contribution in [2.75, 3.05) is 0 Å². The summed E-state index contributed by atoms with van der Waals surface area (Å²) in [6.45, 7) is 3.40. The predicted molar refractivity (Wildman–Crippen MR) is 75.6 cm³/mol. The van der Waals surface area contributed by atoms with Crippen LogP contribution in [0, 0.1) is 0 Å². The van der Waals surface area contributed by atoms with Crippen LogP contribution in [0.2, 0.25) is 0 Å². The van der Waals surface area contributed by atoms with Crippen molar-refractivity contribution < 1.29 is 14.7 Å². The fourth-order valence-electron chi connectivity index (χ4n) is 1.88. The highest BCUT2D eigenvalue weighted by atomic mass is 32.1. The monoisotopic (exact) mass is 277 g/mol. The maximum absolute atomic E-state index is 12.1. The number of thiophene rings is 1. The number of carboxylic acids is 1. The number of amides is 1. The Morgan fingerprint density at radius 2 is 2.00 bits per heavy atom. The lowest BCUT2D eigenvalue weighted by Crippen LogP contribution is -2.44. The standard InChI is InChI=1S/C14H15NO3S/c1-14(2,8-12(16)17)15-13(18)11-7-9-5-3-4-6-10(9)19-11/h3-7H,8H2,1-2H3,(H,15,18)(H,16,17). The van der Waals surface area contributed by atoms with Gasteiger partial charge in [-0.15, -0.1) is 11.3 Å². The molecule has 0 aliphatic carbocycles. The zero-order valence-corrected chi connectivity index (χ0v) is 11.6. The van der Waals surface area contributed by atoms with Crippen LogP contribution in [0.3, 0.4) is 0 Å². The first-order valence-corrected chi connectivity index (χ1v) is 6.72. The van der Waals surface area contributed by atoms with Crippen molar-refractivity contribution in [3.8, 4) is 0 Å². The summed E-state index contributed by atoms with van der Waals surface area (Å²) in [6.07, 6.45) is -0.108. The third-order valence-corrected chi connectivity index (χ3v) is 3.81. The number of nitrogens with one attached hydrogen (secondary N) is 1. The molecule has 0 spiro atoms. The molecule has 0 bridgehead atoms. The van der Waals surface area contributed by atoms with Crippen LogP contribution < -0.4 is 5.32 Å². The zero-order chi connectivity index (χ0) is 14.0. The van der Waals surface area contributed by atoms with E-state index in [4.69, 9.17) is 5.11 Å². The van der Waals surface area contributed by atoms with Gasteiger partial charge in [-0.05, 0) is 31.4 Å². The molecule has 0 radical (unpaired) electrons. The highest BCUT2D eigenvalue weighted by Gasteiger charge is 2.25. The third-order valence-electron chi connectivity index (χ3n) is 2.69. The molecular weight excluding hydrogens is 262 g/mol. The van der Waals surface area contributed by atoms with Crippen molar-refractivity contribution in [2.24, 2.45) is 0 Å². The first-order valence-electron chi connectivity index (χ1n) is 5.90. The Hall–Kier alpha value is -1.88. The molecule has 100 valence electrons. The molecule has 0 saturated heterocycles. The Bertz CT molecular complexity index is 597. The molecule has 0 atom stereocenters. The second kappa shape index (κ2) is 5.01. The molecule has 0 saturated carbocycles. The summed E-state index contributed by atoms with van der Waals surface area (Å²) in [5.74, 6) is -1.16. The summed E-state index contributed by atoms with van der Waals surface area (Å²) >= 11 is 1.41. The molecule has 0 fully saturated rings. The quantitative estimate of drug-likeness (QED) is 0.903. The fourth-order valence-corrected chi connectivity index (χ4v) is 2.84. The molecule has 1 aromatic carbocycles. The van der Waals surface area contributed by atoms with Gasteiger partial charge in [0.25, 0.3) is 5.91 Å². The lowest BCUT2D eigenvalue weighted by Gasteiger charge is -2.23. The highest BCUT2D eigenvalue weighted by molar-refractivity contribution is 7.20. The van der Waals surface area contributed by atoms with Gasteiger partial charge in [-0.3, -0.25) is 9.59 Å². The Labute approximate surface area is 115 Å². The summed E-state index contributed by atoms with van der Waals surface area (Å²) in [7, 11) is 0. The van der Waals surface area contributed by atoms with E-state index in [9.17, 15) is 9.59 Å². The SMILES string of the molecule is CC(C)(CC(=O)O)NC(=O)c1cc2ccccc2s1. The number of hydrogen-bond acceptors (Lipinski definition) is 3. The molecule has 1 aromatic heterocycles. The minimum atomic E-state index is -0.929. The van der Waals surface area contributed by atoms with Crippen LogP contribution in [0.1, 0.15) is 29.9 Å². The molecule has 2 rings (SSSR count). The van der Waals surface area contributed by atoms with Gasteiger partial charge < -0.3 is 10.4 Å². The smallest absolute Gasteiger partial charge is 0.305 e. The molecule has 1 heterocycles. The first-order chi connectivity index (χ1) is 8.87. The van der Waals surface area contributed by atoms with Gasteiger partial charge in [0.2, 0.25) is 0 Å². The Kier molecular flexibility index (Phi) is 3.57. The van der Waals surface area contributed by atoms with Crippen LogP contribution in [-0.4, -0.2) is 22.5 Å². The number of carboxylic acid groups (broad SMARTS) is 1. The summed E-state index contributed by atoms with van der Waals surface area (Å²) in [5, 5.41) is 12.6. The normalized spacial score (nSPS) is 11.5. The second-order valence-electron chi connectivity index (χ2n) is 5.06. The van der Waals surface area contributed by atoms with Crippen LogP contribution in [0.25, 0.3) is 10.1 Å². The van der Waals surface area contributed by atoms with Crippen molar-refractivity contribution in [3.63, 3.8) is 0 Å². The molecule has 4 nitrogen and oxygen atoms in total. The summed E-state index contributed by atoms with van der Waals surface area (Å²) in [6, 6.07) is 9.58. The van der Waals surface area contributed by atoms with E-state index in [1.165, 1.54) is 11.3 Å². The van der Waals surface area contributed by atoms with Crippen molar-refractivity contribution in [1.82, 2.24) is 5.32 Å². The number of hydrogen-bond donors (Lipinski definition) is 2. The molecule has 0 unspecified atom stereocenters. The zero-order valence-electron chi connectivity index (χ0n) is 10.8. The number of fused-ring (bicyclic) bond motifs is 1. The van der Waals surface area contributed by atoms with Crippen molar-refractivity contribution in [2.45, 2.75) is 25.8 Å². The van der Waals surface area contributed by atoms with Gasteiger partial charge in [0.15, 0.2) is 0 Å². The number of rotatable bonds is 4. The van der Waals surface area contributed by atoms with Gasteiger partial charge in [0.05, 0.1) is 11.3 Å². The predicted octanol–water partition coefficient (Wildman–Crippen LogP) is 2.88. The summed E-state index contributed by atoms with van der Waals surface area (Å²) < 4.78 is 1.05. The van der Waals surface area contributed by atoms with Crippen molar-refractivity contribution >= 4 is 33.3 Å². The van der Waals surface area contributed by atoms with E-state index in [1.54, 1.807) is 13.8 Å². The molecular formula is C14H15NO3S. The maximum Gasteiger partial charge on any atom is 0.305 e. The van der Waals surface area contributed by atoms with Crippen LogP contribution >= 0.6 is 11.3 Å². The Balaban J connectivity index is 2.17. The maximum atomic E-state index is 12.1. The Morgan fingerprint density at radius 3 is 2.63 bits per heavy atom. The molecule has 0 aliphatic rings. The minimum Gasteiger partial charge on any atom is -0.481 e. The number of benzene rings is 1. The van der Waals surface area contributed by atoms with E-state index < -0.39 is 11.5 Å². The van der Waals surface area contributed by atoms with Gasteiger partial charge >= 0.3 is 5.97 Å². The third kappa shape index (κ3) is 3.32. The molecule has 0 aliphatic heterocycles. The summed E-state index contributed by atoms with van der Waals surface area (Å²) in [4.78, 5) is 23.4. The number of carbonyl (C=O) groups is 2. The minimum absolute atomic E-state index is 0.108. The fraction of sp³-hybridized carbons (Fsp3) is 0.286. The molecule has 2 N–H and O–H groups in total. The largest absolute Gasteiger partial charge is 0.481 e. The molecule has 19 heavy (non-hydrogen) atoms. The van der Waals surface area contributed by atoms with E-state index in [0.717, 1.165) is 10.1 Å². The number of carbonyl (C=O) groups excluding carboxylic acids is 1. The molecule has 2 aromatic rings. The van der Waals surface area contributed by atoms with Gasteiger partial charge in [0, 0.05) is 10.2 Å². The van der Waals surface area contributed by atoms with E-state index in [1.807, 2.05) is 30.3 Å². The lowest BCUT2D eigenvalue weighted by molar-refractivity contribution is -0.138. The van der Waals surface area contributed by atoms with E-state index >= 15 is 0 Å². The first kappa shape index (κ1) is 13.5. The van der Waals surface area contributed by atoms with Gasteiger partial charge in [-0.25, -0.2) is 0 Å². The number of aliphatic carboxylic acids is 1. The molecule has 5 heteroatoms. The second-order valence-corrected chi connectivity index (χ2v) is 6.14. The highest BCUT2D eigenvalue weighted by Crippen LogP contribution is 2.25. The van der Waals surface area contributed by atoms with Crippen molar-refractivity contribution in [3.05, 3.63) is 35.2 Å².